The molecule has 26 heavy (non-hydrogen) atoms. The number of carbonyl (C=O) groups is 2. The van der Waals surface area contributed by atoms with E-state index in [2.05, 4.69) is 10.1 Å². The van der Waals surface area contributed by atoms with Crippen LogP contribution in [0.1, 0.15) is 18.7 Å². The molecule has 1 aromatic carbocycles. The molecule has 1 saturated heterocycles. The monoisotopic (exact) mass is 353 g/mol. The minimum atomic E-state index is -0.204. The van der Waals surface area contributed by atoms with E-state index < -0.39 is 0 Å². The van der Waals surface area contributed by atoms with Crippen molar-refractivity contribution < 1.29 is 18.8 Å². The molecule has 1 aliphatic heterocycles. The Morgan fingerprint density at radius 3 is 2.38 bits per heavy atom. The van der Waals surface area contributed by atoms with Crippen LogP contribution in [0.4, 0.5) is 0 Å². The van der Waals surface area contributed by atoms with E-state index in [1.165, 1.54) is 4.90 Å². The predicted octanol–water partition coefficient (Wildman–Crippen LogP) is 2.24. The molecule has 2 aliphatic rings. The van der Waals surface area contributed by atoms with E-state index in [0.29, 0.717) is 31.0 Å². The summed E-state index contributed by atoms with van der Waals surface area (Å²) in [6.07, 6.45) is 5.61. The molecule has 1 aromatic heterocycles. The standard InChI is InChI=1S/C19H19N3O4/c1-25-13-8-6-12(7-9-13)17-20-16(26-21-17)10-11-22-18(23)14-4-2-3-5-15(14)19(22)24/h2-3,6-9,14-15H,4-5,10-11H2,1H3/t14-,15-/m0/s1. The van der Waals surface area contributed by atoms with Crippen LogP contribution in [0.15, 0.2) is 40.9 Å². The van der Waals surface area contributed by atoms with E-state index >= 15 is 0 Å². The van der Waals surface area contributed by atoms with E-state index in [1.54, 1.807) is 7.11 Å². The summed E-state index contributed by atoms with van der Waals surface area (Å²) in [6.45, 7) is 0.273. The first kappa shape index (κ1) is 16.5. The Morgan fingerprint density at radius 2 is 1.77 bits per heavy atom. The highest BCUT2D eigenvalue weighted by Gasteiger charge is 2.46. The minimum Gasteiger partial charge on any atom is -0.497 e. The number of amides is 2. The number of likely N-dealkylation sites (tertiary alicyclic amines) is 1. The average molecular weight is 353 g/mol. The molecule has 1 fully saturated rings. The Bertz CT molecular complexity index is 830. The van der Waals surface area contributed by atoms with Gasteiger partial charge in [-0.2, -0.15) is 4.98 Å². The van der Waals surface area contributed by atoms with Crippen molar-refractivity contribution in [2.75, 3.05) is 13.7 Å². The molecule has 7 nitrogen and oxygen atoms in total. The van der Waals surface area contributed by atoms with Gasteiger partial charge in [0.2, 0.25) is 23.5 Å². The van der Waals surface area contributed by atoms with Crippen molar-refractivity contribution in [1.29, 1.82) is 0 Å². The summed E-state index contributed by atoms with van der Waals surface area (Å²) in [7, 11) is 1.61. The summed E-state index contributed by atoms with van der Waals surface area (Å²) in [6, 6.07) is 7.34. The second-order valence-electron chi connectivity index (χ2n) is 6.47. The van der Waals surface area contributed by atoms with Crippen LogP contribution < -0.4 is 4.74 Å². The van der Waals surface area contributed by atoms with Gasteiger partial charge in [0.1, 0.15) is 5.75 Å². The van der Waals surface area contributed by atoms with Gasteiger partial charge in [0.25, 0.3) is 0 Å². The van der Waals surface area contributed by atoms with E-state index in [1.807, 2.05) is 36.4 Å². The third kappa shape index (κ3) is 2.89. The summed E-state index contributed by atoms with van der Waals surface area (Å²) >= 11 is 0. The number of carbonyl (C=O) groups excluding carboxylic acids is 2. The number of ether oxygens (including phenoxy) is 1. The number of nitrogens with zero attached hydrogens (tertiary/aromatic N) is 3. The van der Waals surface area contributed by atoms with Crippen molar-refractivity contribution >= 4 is 11.8 Å². The number of allylic oxidation sites excluding steroid dienone is 2. The van der Waals surface area contributed by atoms with Gasteiger partial charge in [-0.15, -0.1) is 0 Å². The number of imide groups is 1. The first-order valence-electron chi connectivity index (χ1n) is 8.64. The molecule has 2 amide bonds. The van der Waals surface area contributed by atoms with Gasteiger partial charge in [0.15, 0.2) is 0 Å². The molecule has 1 aliphatic carbocycles. The van der Waals surface area contributed by atoms with Crippen LogP contribution in [0.2, 0.25) is 0 Å². The van der Waals surface area contributed by atoms with Crippen LogP contribution in [0, 0.1) is 11.8 Å². The molecule has 0 radical (unpaired) electrons. The maximum absolute atomic E-state index is 12.5. The van der Waals surface area contributed by atoms with Gasteiger partial charge in [-0.1, -0.05) is 17.3 Å². The van der Waals surface area contributed by atoms with Gasteiger partial charge in [-0.05, 0) is 37.1 Å². The van der Waals surface area contributed by atoms with Crippen molar-refractivity contribution in [3.8, 4) is 17.1 Å². The van der Waals surface area contributed by atoms with E-state index in [9.17, 15) is 9.59 Å². The third-order valence-corrected chi connectivity index (χ3v) is 4.96. The SMILES string of the molecule is COc1ccc(-c2noc(CCN3C(=O)[C@H]4CC=CC[C@@H]4C3=O)n2)cc1. The van der Waals surface area contributed by atoms with Crippen molar-refractivity contribution in [3.05, 3.63) is 42.3 Å². The average Bonchev–Trinajstić information content (AvgIpc) is 3.25. The van der Waals surface area contributed by atoms with Crippen LogP contribution in [0.25, 0.3) is 11.4 Å². The Labute approximate surface area is 150 Å². The Morgan fingerprint density at radius 1 is 1.12 bits per heavy atom. The molecule has 134 valence electrons. The van der Waals surface area contributed by atoms with Crippen molar-refractivity contribution in [3.63, 3.8) is 0 Å². The van der Waals surface area contributed by atoms with Crippen LogP contribution in [0.3, 0.4) is 0 Å². The third-order valence-electron chi connectivity index (χ3n) is 4.96. The van der Waals surface area contributed by atoms with Crippen LogP contribution in [-0.4, -0.2) is 40.5 Å². The zero-order valence-corrected chi connectivity index (χ0v) is 14.4. The highest BCUT2D eigenvalue weighted by molar-refractivity contribution is 6.05. The van der Waals surface area contributed by atoms with Gasteiger partial charge >= 0.3 is 0 Å². The lowest BCUT2D eigenvalue weighted by Crippen LogP contribution is -2.33. The zero-order valence-electron chi connectivity index (χ0n) is 14.4. The van der Waals surface area contributed by atoms with E-state index in [-0.39, 0.29) is 30.2 Å². The quantitative estimate of drug-likeness (QED) is 0.605. The topological polar surface area (TPSA) is 85.5 Å². The molecular formula is C19H19N3O4. The van der Waals surface area contributed by atoms with Gasteiger partial charge in [0.05, 0.1) is 18.9 Å². The number of rotatable bonds is 5. The van der Waals surface area contributed by atoms with Crippen molar-refractivity contribution in [2.24, 2.45) is 11.8 Å². The number of benzene rings is 1. The molecule has 0 saturated carbocycles. The lowest BCUT2D eigenvalue weighted by molar-refractivity contribution is -0.139. The molecule has 0 bridgehead atoms. The maximum atomic E-state index is 12.5. The minimum absolute atomic E-state index is 0.0840. The number of hydrogen-bond donors (Lipinski definition) is 0. The number of fused-ring (bicyclic) bond motifs is 1. The maximum Gasteiger partial charge on any atom is 0.233 e. The lowest BCUT2D eigenvalue weighted by atomic mass is 9.85. The Balaban J connectivity index is 1.42. The number of aromatic nitrogens is 2. The smallest absolute Gasteiger partial charge is 0.233 e. The molecule has 7 heteroatoms. The van der Waals surface area contributed by atoms with Crippen molar-refractivity contribution in [1.82, 2.24) is 15.0 Å². The fourth-order valence-corrected chi connectivity index (χ4v) is 3.51. The predicted molar refractivity (Wildman–Crippen MR) is 92.1 cm³/mol. The molecule has 0 spiro atoms. The zero-order chi connectivity index (χ0) is 18.1. The molecule has 2 atom stereocenters. The van der Waals surface area contributed by atoms with Crippen LogP contribution >= 0.6 is 0 Å². The van der Waals surface area contributed by atoms with Gasteiger partial charge in [-0.3, -0.25) is 14.5 Å². The van der Waals surface area contributed by atoms with Gasteiger partial charge in [-0.25, -0.2) is 0 Å². The molecule has 2 aromatic rings. The summed E-state index contributed by atoms with van der Waals surface area (Å²) in [5.74, 6) is 1.05. The molecule has 0 N–H and O–H groups in total. The highest BCUT2D eigenvalue weighted by atomic mass is 16.5. The second-order valence-corrected chi connectivity index (χ2v) is 6.47. The fourth-order valence-electron chi connectivity index (χ4n) is 3.51. The summed E-state index contributed by atoms with van der Waals surface area (Å²) in [5.41, 5.74) is 0.811. The fraction of sp³-hybridized carbons (Fsp3) is 0.368. The van der Waals surface area contributed by atoms with Gasteiger partial charge in [0, 0.05) is 18.5 Å². The highest BCUT2D eigenvalue weighted by Crippen LogP contribution is 2.35. The first-order valence-corrected chi connectivity index (χ1v) is 8.64. The molecular weight excluding hydrogens is 334 g/mol. The Kier molecular flexibility index (Phi) is 4.28. The first-order chi connectivity index (χ1) is 12.7. The summed E-state index contributed by atoms with van der Waals surface area (Å²) < 4.78 is 10.4. The largest absolute Gasteiger partial charge is 0.497 e. The molecule has 2 heterocycles. The summed E-state index contributed by atoms with van der Waals surface area (Å²) in [4.78, 5) is 30.6. The van der Waals surface area contributed by atoms with Gasteiger partial charge < -0.3 is 9.26 Å². The van der Waals surface area contributed by atoms with Crippen LogP contribution in [-0.2, 0) is 16.0 Å². The number of methoxy groups -OCH3 is 1. The van der Waals surface area contributed by atoms with E-state index in [4.69, 9.17) is 9.26 Å². The second kappa shape index (κ2) is 6.74. The number of hydrogen-bond acceptors (Lipinski definition) is 6. The van der Waals surface area contributed by atoms with E-state index in [0.717, 1.165) is 11.3 Å². The summed E-state index contributed by atoms with van der Waals surface area (Å²) in [5, 5.41) is 3.97. The normalized spacial score (nSPS) is 22.0. The molecule has 0 unspecified atom stereocenters. The lowest BCUT2D eigenvalue weighted by Gasteiger charge is -2.14. The van der Waals surface area contributed by atoms with Crippen molar-refractivity contribution in [2.45, 2.75) is 19.3 Å². The molecule has 4 rings (SSSR count). The van der Waals surface area contributed by atoms with Crippen LogP contribution in [0.5, 0.6) is 5.75 Å². The Hall–Kier alpha value is -2.96.